The Hall–Kier alpha value is -1.30. The van der Waals surface area contributed by atoms with E-state index in [4.69, 9.17) is 10.2 Å². The lowest BCUT2D eigenvalue weighted by atomic mass is 10.1. The number of nitrogens with one attached hydrogen (secondary N) is 1. The van der Waals surface area contributed by atoms with Crippen LogP contribution < -0.4 is 5.32 Å². The number of hydrogen-bond acceptors (Lipinski definition) is 3. The standard InChI is InChI=1S/C12H22N2O4/c1-8(2)14(5-6-15)12(18)13-10(11(16)17)7-9-3-4-9/h8-10,15H,3-7H2,1-2H3,(H,13,18)(H,16,17). The number of amides is 2. The van der Waals surface area contributed by atoms with Crippen molar-refractivity contribution < 1.29 is 19.8 Å². The van der Waals surface area contributed by atoms with Gasteiger partial charge in [0.15, 0.2) is 0 Å². The maximum absolute atomic E-state index is 11.9. The van der Waals surface area contributed by atoms with Crippen molar-refractivity contribution in [1.82, 2.24) is 10.2 Å². The van der Waals surface area contributed by atoms with Gasteiger partial charge in [0, 0.05) is 12.6 Å². The van der Waals surface area contributed by atoms with E-state index < -0.39 is 18.0 Å². The first-order valence-electron chi connectivity index (χ1n) is 6.36. The molecule has 0 aromatic heterocycles. The highest BCUT2D eigenvalue weighted by Gasteiger charge is 2.31. The largest absolute Gasteiger partial charge is 0.480 e. The van der Waals surface area contributed by atoms with Crippen LogP contribution in [0.3, 0.4) is 0 Å². The van der Waals surface area contributed by atoms with E-state index in [0.717, 1.165) is 12.8 Å². The molecule has 0 spiro atoms. The SMILES string of the molecule is CC(C)N(CCO)C(=O)NC(CC1CC1)C(=O)O. The quantitative estimate of drug-likeness (QED) is 0.625. The van der Waals surface area contributed by atoms with Crippen molar-refractivity contribution in [1.29, 1.82) is 0 Å². The van der Waals surface area contributed by atoms with Gasteiger partial charge in [-0.15, -0.1) is 0 Å². The molecule has 0 bridgehead atoms. The van der Waals surface area contributed by atoms with Gasteiger partial charge in [-0.25, -0.2) is 9.59 Å². The molecule has 1 unspecified atom stereocenters. The minimum absolute atomic E-state index is 0.0764. The van der Waals surface area contributed by atoms with E-state index in [9.17, 15) is 9.59 Å². The molecular weight excluding hydrogens is 236 g/mol. The van der Waals surface area contributed by atoms with Gasteiger partial charge in [0.05, 0.1) is 6.61 Å². The molecule has 1 rings (SSSR count). The van der Waals surface area contributed by atoms with Gasteiger partial charge in [-0.05, 0) is 26.2 Å². The molecule has 18 heavy (non-hydrogen) atoms. The summed E-state index contributed by atoms with van der Waals surface area (Å²) < 4.78 is 0. The number of nitrogens with zero attached hydrogens (tertiary/aromatic N) is 1. The lowest BCUT2D eigenvalue weighted by Gasteiger charge is -2.27. The van der Waals surface area contributed by atoms with E-state index in [-0.39, 0.29) is 19.2 Å². The number of carbonyl (C=O) groups excluding carboxylic acids is 1. The fourth-order valence-corrected chi connectivity index (χ4v) is 1.84. The van der Waals surface area contributed by atoms with E-state index in [1.54, 1.807) is 0 Å². The van der Waals surface area contributed by atoms with Gasteiger partial charge in [0.1, 0.15) is 6.04 Å². The van der Waals surface area contributed by atoms with Gasteiger partial charge < -0.3 is 20.4 Å². The molecule has 0 aromatic rings. The number of aliphatic hydroxyl groups excluding tert-OH is 1. The molecule has 6 nitrogen and oxygen atoms in total. The highest BCUT2D eigenvalue weighted by Crippen LogP contribution is 2.33. The molecule has 2 amide bonds. The van der Waals surface area contributed by atoms with Crippen molar-refractivity contribution in [2.75, 3.05) is 13.2 Å². The van der Waals surface area contributed by atoms with E-state index in [1.165, 1.54) is 4.90 Å². The first-order chi connectivity index (χ1) is 8.45. The Morgan fingerprint density at radius 1 is 1.39 bits per heavy atom. The minimum atomic E-state index is -0.997. The smallest absolute Gasteiger partial charge is 0.326 e. The van der Waals surface area contributed by atoms with Crippen LogP contribution in [-0.4, -0.2) is 52.3 Å². The molecular formula is C12H22N2O4. The number of carbonyl (C=O) groups is 2. The second-order valence-corrected chi connectivity index (χ2v) is 5.03. The van der Waals surface area contributed by atoms with Crippen LogP contribution in [0.2, 0.25) is 0 Å². The van der Waals surface area contributed by atoms with E-state index in [1.807, 2.05) is 13.8 Å². The van der Waals surface area contributed by atoms with Crippen molar-refractivity contribution in [2.45, 2.75) is 45.2 Å². The third-order valence-corrected chi connectivity index (χ3v) is 3.09. The number of aliphatic carboxylic acids is 1. The van der Waals surface area contributed by atoms with Crippen LogP contribution in [0.15, 0.2) is 0 Å². The summed E-state index contributed by atoms with van der Waals surface area (Å²) in [4.78, 5) is 24.4. The molecule has 6 heteroatoms. The van der Waals surface area contributed by atoms with E-state index in [2.05, 4.69) is 5.32 Å². The summed E-state index contributed by atoms with van der Waals surface area (Å²) in [5.74, 6) is -0.570. The van der Waals surface area contributed by atoms with Crippen LogP contribution in [0, 0.1) is 5.92 Å². The number of aliphatic hydroxyl groups is 1. The second-order valence-electron chi connectivity index (χ2n) is 5.03. The van der Waals surface area contributed by atoms with Crippen molar-refractivity contribution in [3.63, 3.8) is 0 Å². The van der Waals surface area contributed by atoms with Crippen molar-refractivity contribution in [3.05, 3.63) is 0 Å². The molecule has 0 aromatic carbocycles. The molecule has 3 N–H and O–H groups in total. The molecule has 0 saturated heterocycles. The zero-order chi connectivity index (χ0) is 13.7. The van der Waals surface area contributed by atoms with Gasteiger partial charge >= 0.3 is 12.0 Å². The van der Waals surface area contributed by atoms with E-state index in [0.29, 0.717) is 12.3 Å². The molecule has 1 atom stereocenters. The predicted molar refractivity (Wildman–Crippen MR) is 66.2 cm³/mol. The lowest BCUT2D eigenvalue weighted by Crippen LogP contribution is -2.51. The Labute approximate surface area is 107 Å². The van der Waals surface area contributed by atoms with Crippen LogP contribution in [0.5, 0.6) is 0 Å². The average Bonchev–Trinajstić information content (AvgIpc) is 3.07. The van der Waals surface area contributed by atoms with Crippen LogP contribution in [0.1, 0.15) is 33.1 Å². The Bertz CT molecular complexity index is 302. The highest BCUT2D eigenvalue weighted by atomic mass is 16.4. The fourth-order valence-electron chi connectivity index (χ4n) is 1.84. The maximum atomic E-state index is 11.9. The first-order valence-corrected chi connectivity index (χ1v) is 6.36. The fraction of sp³-hybridized carbons (Fsp3) is 0.833. The summed E-state index contributed by atoms with van der Waals surface area (Å²) in [6.07, 6.45) is 2.58. The second kappa shape index (κ2) is 6.58. The summed E-state index contributed by atoms with van der Waals surface area (Å²) in [6, 6.07) is -1.33. The van der Waals surface area contributed by atoms with Gasteiger partial charge in [0.25, 0.3) is 0 Å². The first kappa shape index (κ1) is 14.8. The predicted octanol–water partition coefficient (Wildman–Crippen LogP) is 0.652. The molecule has 104 valence electrons. The number of carboxylic acids is 1. The van der Waals surface area contributed by atoms with Crippen LogP contribution in [0.25, 0.3) is 0 Å². The van der Waals surface area contributed by atoms with Crippen molar-refractivity contribution in [2.24, 2.45) is 5.92 Å². The molecule has 0 heterocycles. The molecule has 1 saturated carbocycles. The maximum Gasteiger partial charge on any atom is 0.326 e. The highest BCUT2D eigenvalue weighted by molar-refractivity contribution is 5.82. The van der Waals surface area contributed by atoms with Gasteiger partial charge in [-0.1, -0.05) is 12.8 Å². The zero-order valence-electron chi connectivity index (χ0n) is 10.9. The van der Waals surface area contributed by atoms with E-state index >= 15 is 0 Å². The topological polar surface area (TPSA) is 89.9 Å². The number of hydrogen-bond donors (Lipinski definition) is 3. The summed E-state index contributed by atoms with van der Waals surface area (Å²) in [5, 5.41) is 20.5. The van der Waals surface area contributed by atoms with Crippen LogP contribution in [0.4, 0.5) is 4.79 Å². The molecule has 1 aliphatic rings. The average molecular weight is 258 g/mol. The normalized spacial score (nSPS) is 16.4. The van der Waals surface area contributed by atoms with Crippen molar-refractivity contribution >= 4 is 12.0 Å². The van der Waals surface area contributed by atoms with Gasteiger partial charge in [-0.3, -0.25) is 0 Å². The molecule has 0 radical (unpaired) electrons. The Balaban J connectivity index is 2.54. The summed E-state index contributed by atoms with van der Waals surface area (Å²) in [7, 11) is 0. The lowest BCUT2D eigenvalue weighted by molar-refractivity contribution is -0.139. The summed E-state index contributed by atoms with van der Waals surface area (Å²) in [6.45, 7) is 3.73. The molecule has 1 aliphatic carbocycles. The number of carboxylic acid groups (broad SMARTS) is 1. The third-order valence-electron chi connectivity index (χ3n) is 3.09. The third kappa shape index (κ3) is 4.52. The van der Waals surface area contributed by atoms with Crippen molar-refractivity contribution in [3.8, 4) is 0 Å². The zero-order valence-corrected chi connectivity index (χ0v) is 10.9. The monoisotopic (exact) mass is 258 g/mol. The minimum Gasteiger partial charge on any atom is -0.480 e. The summed E-state index contributed by atoms with van der Waals surface area (Å²) >= 11 is 0. The molecule has 1 fully saturated rings. The van der Waals surface area contributed by atoms with Crippen LogP contribution >= 0.6 is 0 Å². The Morgan fingerprint density at radius 3 is 2.39 bits per heavy atom. The van der Waals surface area contributed by atoms with Crippen LogP contribution in [-0.2, 0) is 4.79 Å². The van der Waals surface area contributed by atoms with Gasteiger partial charge in [0.2, 0.25) is 0 Å². The Kier molecular flexibility index (Phi) is 5.40. The summed E-state index contributed by atoms with van der Waals surface area (Å²) in [5.41, 5.74) is 0. The Morgan fingerprint density at radius 2 is 2.00 bits per heavy atom. The van der Waals surface area contributed by atoms with Gasteiger partial charge in [-0.2, -0.15) is 0 Å². The number of urea groups is 1. The molecule has 0 aliphatic heterocycles. The number of rotatable bonds is 7.